The Hall–Kier alpha value is -2.08. The number of nitrogens with zero attached hydrogens (tertiary/aromatic N) is 2. The van der Waals surface area contributed by atoms with Crippen molar-refractivity contribution in [1.29, 1.82) is 0 Å². The minimum absolute atomic E-state index is 0.201. The average molecular weight is 386 g/mol. The molecule has 28 heavy (non-hydrogen) atoms. The Morgan fingerprint density at radius 2 is 1.68 bits per heavy atom. The number of piperidine rings is 1. The summed E-state index contributed by atoms with van der Waals surface area (Å²) in [6.45, 7) is 2.26. The van der Waals surface area contributed by atoms with Gasteiger partial charge in [0, 0.05) is 25.7 Å². The van der Waals surface area contributed by atoms with E-state index in [-0.39, 0.29) is 36.2 Å². The third kappa shape index (κ3) is 3.88. The van der Waals surface area contributed by atoms with Gasteiger partial charge in [0.05, 0.1) is 11.5 Å². The Balaban J connectivity index is 1.28. The topological polar surface area (TPSA) is 70.1 Å². The van der Waals surface area contributed by atoms with Gasteiger partial charge >= 0.3 is 6.09 Å². The van der Waals surface area contributed by atoms with Gasteiger partial charge in [-0.3, -0.25) is 4.79 Å². The van der Waals surface area contributed by atoms with Gasteiger partial charge in [-0.1, -0.05) is 30.3 Å². The molecule has 1 aromatic carbocycles. The van der Waals surface area contributed by atoms with Gasteiger partial charge in [-0.2, -0.15) is 0 Å². The number of aliphatic hydroxyl groups is 1. The number of rotatable bonds is 3. The molecule has 6 heteroatoms. The van der Waals surface area contributed by atoms with Crippen LogP contribution >= 0.6 is 0 Å². The van der Waals surface area contributed by atoms with Crippen molar-refractivity contribution in [1.82, 2.24) is 9.80 Å². The van der Waals surface area contributed by atoms with Crippen LogP contribution < -0.4 is 0 Å². The predicted octanol–water partition coefficient (Wildman–Crippen LogP) is 2.94. The molecule has 4 rings (SSSR count). The molecule has 1 saturated carbocycles. The van der Waals surface area contributed by atoms with Crippen molar-refractivity contribution in [2.24, 2.45) is 5.41 Å². The lowest BCUT2D eigenvalue weighted by Gasteiger charge is -2.39. The fourth-order valence-electron chi connectivity index (χ4n) is 4.96. The maximum absolute atomic E-state index is 13.2. The van der Waals surface area contributed by atoms with Crippen LogP contribution in [-0.2, 0) is 16.1 Å². The Morgan fingerprint density at radius 1 is 1.04 bits per heavy atom. The molecule has 2 heterocycles. The minimum Gasteiger partial charge on any atom is -0.445 e. The third-order valence-electron chi connectivity index (χ3n) is 6.84. The zero-order chi connectivity index (χ0) is 19.6. The van der Waals surface area contributed by atoms with Crippen LogP contribution in [-0.4, -0.2) is 58.7 Å². The van der Waals surface area contributed by atoms with Crippen LogP contribution in [0, 0.1) is 5.41 Å². The molecule has 1 spiro atoms. The van der Waals surface area contributed by atoms with Crippen LogP contribution in [0.5, 0.6) is 0 Å². The van der Waals surface area contributed by atoms with Crippen molar-refractivity contribution in [3.63, 3.8) is 0 Å². The molecule has 1 aliphatic carbocycles. The van der Waals surface area contributed by atoms with E-state index in [2.05, 4.69) is 4.90 Å². The van der Waals surface area contributed by atoms with E-state index in [1.807, 2.05) is 30.3 Å². The van der Waals surface area contributed by atoms with Crippen LogP contribution in [0.15, 0.2) is 30.3 Å². The van der Waals surface area contributed by atoms with E-state index in [4.69, 9.17) is 4.74 Å². The van der Waals surface area contributed by atoms with E-state index in [0.717, 1.165) is 57.1 Å². The van der Waals surface area contributed by atoms with E-state index >= 15 is 0 Å². The average Bonchev–Trinajstić information content (AvgIpc) is 3.04. The van der Waals surface area contributed by atoms with E-state index < -0.39 is 0 Å². The second-order valence-electron chi connectivity index (χ2n) is 8.52. The summed E-state index contributed by atoms with van der Waals surface area (Å²) < 4.78 is 5.44. The molecule has 0 unspecified atom stereocenters. The Bertz CT molecular complexity index is 692. The zero-order valence-corrected chi connectivity index (χ0v) is 16.4. The molecule has 0 bridgehead atoms. The highest BCUT2D eigenvalue weighted by atomic mass is 16.6. The highest BCUT2D eigenvalue weighted by Gasteiger charge is 2.50. The van der Waals surface area contributed by atoms with Crippen molar-refractivity contribution in [2.45, 2.75) is 63.7 Å². The van der Waals surface area contributed by atoms with Gasteiger partial charge in [0.15, 0.2) is 0 Å². The lowest BCUT2D eigenvalue weighted by Crippen LogP contribution is -2.48. The first-order chi connectivity index (χ1) is 13.6. The van der Waals surface area contributed by atoms with Crippen LogP contribution in [0.1, 0.15) is 50.5 Å². The first-order valence-electron chi connectivity index (χ1n) is 10.5. The first kappa shape index (κ1) is 19.2. The number of carbonyl (C=O) groups excluding carboxylic acids is 2. The molecule has 2 aliphatic heterocycles. The van der Waals surface area contributed by atoms with E-state index in [1.165, 1.54) is 0 Å². The summed E-state index contributed by atoms with van der Waals surface area (Å²) in [7, 11) is 0. The van der Waals surface area contributed by atoms with E-state index in [0.29, 0.717) is 13.1 Å². The standard InChI is InChI=1S/C22H30N2O4/c25-19-8-6-18(7-9-19)24-15-12-22(20(24)26)10-13-23(14-11-22)21(27)28-16-17-4-2-1-3-5-17/h1-5,18-19,25H,6-16H2. The van der Waals surface area contributed by atoms with Gasteiger partial charge in [-0.05, 0) is 50.5 Å². The van der Waals surface area contributed by atoms with Gasteiger partial charge < -0.3 is 19.6 Å². The Labute approximate surface area is 166 Å². The summed E-state index contributed by atoms with van der Waals surface area (Å²) in [6, 6.07) is 9.95. The summed E-state index contributed by atoms with van der Waals surface area (Å²) in [4.78, 5) is 29.4. The number of hydrogen-bond acceptors (Lipinski definition) is 4. The predicted molar refractivity (Wildman–Crippen MR) is 104 cm³/mol. The highest BCUT2D eigenvalue weighted by molar-refractivity contribution is 5.85. The normalized spacial score (nSPS) is 27.2. The van der Waals surface area contributed by atoms with E-state index in [1.54, 1.807) is 4.90 Å². The maximum atomic E-state index is 13.2. The highest BCUT2D eigenvalue weighted by Crippen LogP contribution is 2.43. The summed E-state index contributed by atoms with van der Waals surface area (Å²) in [5.74, 6) is 0.270. The summed E-state index contributed by atoms with van der Waals surface area (Å²) in [5.41, 5.74) is 0.676. The number of aliphatic hydroxyl groups excluding tert-OH is 1. The maximum Gasteiger partial charge on any atom is 0.410 e. The Kier molecular flexibility index (Phi) is 5.58. The molecule has 6 nitrogen and oxygen atoms in total. The number of likely N-dealkylation sites (tertiary alicyclic amines) is 2. The van der Waals surface area contributed by atoms with E-state index in [9.17, 15) is 14.7 Å². The van der Waals surface area contributed by atoms with Gasteiger partial charge in [0.1, 0.15) is 6.61 Å². The molecule has 2 saturated heterocycles. The minimum atomic E-state index is -0.299. The molecule has 3 aliphatic rings. The quantitative estimate of drug-likeness (QED) is 0.867. The lowest BCUT2D eigenvalue weighted by molar-refractivity contribution is -0.141. The van der Waals surface area contributed by atoms with Crippen LogP contribution in [0.25, 0.3) is 0 Å². The molecule has 1 N–H and O–H groups in total. The zero-order valence-electron chi connectivity index (χ0n) is 16.4. The molecule has 3 fully saturated rings. The molecule has 1 aromatic rings. The number of carbonyl (C=O) groups is 2. The smallest absolute Gasteiger partial charge is 0.410 e. The molecular weight excluding hydrogens is 356 g/mol. The fraction of sp³-hybridized carbons (Fsp3) is 0.636. The fourth-order valence-corrected chi connectivity index (χ4v) is 4.96. The summed E-state index contributed by atoms with van der Waals surface area (Å²) in [6.07, 6.45) is 5.23. The van der Waals surface area contributed by atoms with Gasteiger partial charge in [-0.15, -0.1) is 0 Å². The second-order valence-corrected chi connectivity index (χ2v) is 8.52. The SMILES string of the molecule is O=C(OCc1ccccc1)N1CCC2(CC1)CCN(C1CCC(O)CC1)C2=O. The molecule has 2 amide bonds. The van der Waals surface area contributed by atoms with Gasteiger partial charge in [0.2, 0.25) is 5.91 Å². The lowest BCUT2D eigenvalue weighted by atomic mass is 9.77. The van der Waals surface area contributed by atoms with Crippen molar-refractivity contribution in [3.05, 3.63) is 35.9 Å². The molecule has 0 aromatic heterocycles. The van der Waals surface area contributed by atoms with Crippen molar-refractivity contribution in [3.8, 4) is 0 Å². The van der Waals surface area contributed by atoms with Crippen molar-refractivity contribution >= 4 is 12.0 Å². The van der Waals surface area contributed by atoms with Crippen LogP contribution in [0.2, 0.25) is 0 Å². The summed E-state index contributed by atoms with van der Waals surface area (Å²) >= 11 is 0. The van der Waals surface area contributed by atoms with Crippen molar-refractivity contribution < 1.29 is 19.4 Å². The number of benzene rings is 1. The van der Waals surface area contributed by atoms with Gasteiger partial charge in [0.25, 0.3) is 0 Å². The molecule has 0 atom stereocenters. The monoisotopic (exact) mass is 386 g/mol. The second kappa shape index (κ2) is 8.11. The number of amides is 2. The van der Waals surface area contributed by atoms with Crippen molar-refractivity contribution in [2.75, 3.05) is 19.6 Å². The van der Waals surface area contributed by atoms with Gasteiger partial charge in [-0.25, -0.2) is 4.79 Å². The number of hydrogen-bond donors (Lipinski definition) is 1. The molecular formula is C22H30N2O4. The first-order valence-corrected chi connectivity index (χ1v) is 10.5. The van der Waals surface area contributed by atoms with Crippen LogP contribution in [0.4, 0.5) is 4.79 Å². The number of ether oxygens (including phenoxy) is 1. The molecule has 152 valence electrons. The third-order valence-corrected chi connectivity index (χ3v) is 6.84. The largest absolute Gasteiger partial charge is 0.445 e. The summed E-state index contributed by atoms with van der Waals surface area (Å²) in [5, 5.41) is 9.72. The molecule has 0 radical (unpaired) electrons. The Morgan fingerprint density at radius 3 is 2.36 bits per heavy atom. The van der Waals surface area contributed by atoms with Crippen LogP contribution in [0.3, 0.4) is 0 Å².